The fourth-order valence-corrected chi connectivity index (χ4v) is 3.39. The first-order valence-corrected chi connectivity index (χ1v) is 8.71. The number of nitrogens with one attached hydrogen (secondary N) is 1. The second-order valence-electron chi connectivity index (χ2n) is 5.07. The second-order valence-corrected chi connectivity index (χ2v) is 6.83. The molecule has 7 heteroatoms. The lowest BCUT2D eigenvalue weighted by atomic mass is 10.2. The zero-order chi connectivity index (χ0) is 15.3. The summed E-state index contributed by atoms with van der Waals surface area (Å²) in [5.41, 5.74) is 6.62. The first-order chi connectivity index (χ1) is 10.1. The molecule has 3 N–H and O–H groups in total. The van der Waals surface area contributed by atoms with Gasteiger partial charge in [0.15, 0.2) is 0 Å². The molecule has 1 aromatic carbocycles. The Labute approximate surface area is 126 Å². The minimum absolute atomic E-state index is 0.0355. The second kappa shape index (κ2) is 7.22. The molecule has 0 radical (unpaired) electrons. The van der Waals surface area contributed by atoms with Crippen molar-refractivity contribution in [3.05, 3.63) is 24.3 Å². The normalized spacial score (nSPS) is 19.7. The Bertz CT molecular complexity index is 545. The van der Waals surface area contributed by atoms with Gasteiger partial charge in [-0.25, -0.2) is 13.1 Å². The third-order valence-corrected chi connectivity index (χ3v) is 4.93. The Kier molecular flexibility index (Phi) is 5.58. The smallest absolute Gasteiger partial charge is 0.240 e. The summed E-state index contributed by atoms with van der Waals surface area (Å²) >= 11 is 0. The average Bonchev–Trinajstić information content (AvgIpc) is 2.53. The van der Waals surface area contributed by atoms with Crippen molar-refractivity contribution in [1.82, 2.24) is 4.72 Å². The van der Waals surface area contributed by atoms with Crippen molar-refractivity contribution in [2.45, 2.75) is 24.3 Å². The molecular formula is C14H23N3O3S. The molecule has 1 aromatic rings. The van der Waals surface area contributed by atoms with E-state index in [0.717, 1.165) is 25.2 Å². The number of benzene rings is 1. The van der Waals surface area contributed by atoms with Crippen LogP contribution in [0.1, 0.15) is 13.3 Å². The number of nitrogens with zero attached hydrogens (tertiary/aromatic N) is 1. The third kappa shape index (κ3) is 4.16. The maximum absolute atomic E-state index is 12.0. The highest BCUT2D eigenvalue weighted by Gasteiger charge is 2.20. The van der Waals surface area contributed by atoms with Gasteiger partial charge in [-0.2, -0.15) is 0 Å². The number of hydrogen-bond acceptors (Lipinski definition) is 5. The summed E-state index contributed by atoms with van der Waals surface area (Å²) in [6.07, 6.45) is 0.805. The van der Waals surface area contributed by atoms with Crippen molar-refractivity contribution in [2.75, 3.05) is 37.7 Å². The van der Waals surface area contributed by atoms with E-state index in [1.54, 1.807) is 12.1 Å². The van der Waals surface area contributed by atoms with E-state index >= 15 is 0 Å². The maximum atomic E-state index is 12.0. The van der Waals surface area contributed by atoms with Gasteiger partial charge in [-0.05, 0) is 30.7 Å². The molecule has 1 fully saturated rings. The van der Waals surface area contributed by atoms with Crippen molar-refractivity contribution < 1.29 is 13.2 Å². The molecule has 1 heterocycles. The van der Waals surface area contributed by atoms with Crippen LogP contribution in [-0.2, 0) is 14.8 Å². The first-order valence-electron chi connectivity index (χ1n) is 7.23. The summed E-state index contributed by atoms with van der Waals surface area (Å²) in [7, 11) is -3.40. The largest absolute Gasteiger partial charge is 0.373 e. The van der Waals surface area contributed by atoms with Crippen molar-refractivity contribution in [3.8, 4) is 0 Å². The summed E-state index contributed by atoms with van der Waals surface area (Å²) in [6.45, 7) is 5.03. The molecule has 0 aliphatic carbocycles. The summed E-state index contributed by atoms with van der Waals surface area (Å²) in [5.74, 6) is 0. The standard InChI is InChI=1S/C14H23N3O3S/c1-2-7-16-21(18,19)14-5-3-12(4-6-14)17-8-9-20-13(10-15)11-17/h3-6,13,16H,2,7-11,15H2,1H3. The lowest BCUT2D eigenvalue weighted by Crippen LogP contribution is -2.45. The zero-order valence-electron chi connectivity index (χ0n) is 12.3. The molecule has 118 valence electrons. The SMILES string of the molecule is CCCNS(=O)(=O)c1ccc(N2CCOC(CN)C2)cc1. The highest BCUT2D eigenvalue weighted by molar-refractivity contribution is 7.89. The predicted molar refractivity (Wildman–Crippen MR) is 82.9 cm³/mol. The fraction of sp³-hybridized carbons (Fsp3) is 0.571. The van der Waals surface area contributed by atoms with E-state index in [-0.39, 0.29) is 6.10 Å². The van der Waals surface area contributed by atoms with Crippen molar-refractivity contribution in [3.63, 3.8) is 0 Å². The Morgan fingerprint density at radius 3 is 2.71 bits per heavy atom. The quantitative estimate of drug-likeness (QED) is 0.801. The van der Waals surface area contributed by atoms with E-state index in [2.05, 4.69) is 9.62 Å². The van der Waals surface area contributed by atoms with Crippen LogP contribution in [0.15, 0.2) is 29.2 Å². The number of rotatable bonds is 6. The van der Waals surface area contributed by atoms with Gasteiger partial charge in [-0.1, -0.05) is 6.92 Å². The zero-order valence-corrected chi connectivity index (χ0v) is 13.1. The minimum atomic E-state index is -3.40. The summed E-state index contributed by atoms with van der Waals surface area (Å²) in [4.78, 5) is 2.46. The molecule has 0 amide bonds. The van der Waals surface area contributed by atoms with Gasteiger partial charge in [-0.3, -0.25) is 0 Å². The summed E-state index contributed by atoms with van der Waals surface area (Å²) in [5, 5.41) is 0. The highest BCUT2D eigenvalue weighted by Crippen LogP contribution is 2.20. The molecule has 6 nitrogen and oxygen atoms in total. The van der Waals surface area contributed by atoms with Gasteiger partial charge in [0.25, 0.3) is 0 Å². The van der Waals surface area contributed by atoms with Crippen molar-refractivity contribution in [1.29, 1.82) is 0 Å². The first kappa shape index (κ1) is 16.2. The van der Waals surface area contributed by atoms with Crippen molar-refractivity contribution in [2.24, 2.45) is 5.73 Å². The van der Waals surface area contributed by atoms with Crippen LogP contribution in [0.3, 0.4) is 0 Å². The van der Waals surface area contributed by atoms with E-state index < -0.39 is 10.0 Å². The number of anilines is 1. The Morgan fingerprint density at radius 2 is 2.10 bits per heavy atom. The Balaban J connectivity index is 2.08. The van der Waals surface area contributed by atoms with Crippen LogP contribution >= 0.6 is 0 Å². The lowest BCUT2D eigenvalue weighted by Gasteiger charge is -2.34. The van der Waals surface area contributed by atoms with Crippen LogP contribution < -0.4 is 15.4 Å². The summed E-state index contributed by atoms with van der Waals surface area (Å²) < 4.78 is 32.1. The Morgan fingerprint density at radius 1 is 1.38 bits per heavy atom. The van der Waals surface area contributed by atoms with Crippen LogP contribution in [0.5, 0.6) is 0 Å². The van der Waals surface area contributed by atoms with Gasteiger partial charge in [0.05, 0.1) is 17.6 Å². The topological polar surface area (TPSA) is 84.7 Å². The van der Waals surface area contributed by atoms with Gasteiger partial charge >= 0.3 is 0 Å². The molecule has 0 aromatic heterocycles. The average molecular weight is 313 g/mol. The third-order valence-electron chi connectivity index (χ3n) is 3.46. The highest BCUT2D eigenvalue weighted by atomic mass is 32.2. The van der Waals surface area contributed by atoms with E-state index in [4.69, 9.17) is 10.5 Å². The van der Waals surface area contributed by atoms with Gasteiger partial charge < -0.3 is 15.4 Å². The molecule has 1 aliphatic heterocycles. The molecule has 0 bridgehead atoms. The van der Waals surface area contributed by atoms with Gasteiger partial charge in [-0.15, -0.1) is 0 Å². The molecule has 21 heavy (non-hydrogen) atoms. The molecule has 1 saturated heterocycles. The number of hydrogen-bond donors (Lipinski definition) is 2. The fourth-order valence-electron chi connectivity index (χ4n) is 2.25. The number of ether oxygens (including phenoxy) is 1. The van der Waals surface area contributed by atoms with Gasteiger partial charge in [0.1, 0.15) is 0 Å². The minimum Gasteiger partial charge on any atom is -0.373 e. The molecule has 1 atom stereocenters. The van der Waals surface area contributed by atoms with Crippen molar-refractivity contribution >= 4 is 15.7 Å². The van der Waals surface area contributed by atoms with Crippen LogP contribution in [-0.4, -0.2) is 47.3 Å². The molecule has 0 spiro atoms. The Hall–Kier alpha value is -1.15. The predicted octanol–water partition coefficient (Wildman–Crippen LogP) is 0.539. The van der Waals surface area contributed by atoms with Crippen LogP contribution in [0.25, 0.3) is 0 Å². The lowest BCUT2D eigenvalue weighted by molar-refractivity contribution is 0.0466. The van der Waals surface area contributed by atoms with Gasteiger partial charge in [0, 0.05) is 31.9 Å². The maximum Gasteiger partial charge on any atom is 0.240 e. The molecule has 2 rings (SSSR count). The van der Waals surface area contributed by atoms with Crippen LogP contribution in [0.4, 0.5) is 5.69 Å². The monoisotopic (exact) mass is 313 g/mol. The van der Waals surface area contributed by atoms with Gasteiger partial charge in [0.2, 0.25) is 10.0 Å². The summed E-state index contributed by atoms with van der Waals surface area (Å²) in [6, 6.07) is 6.94. The number of morpholine rings is 1. The molecule has 1 aliphatic rings. The molecular weight excluding hydrogens is 290 g/mol. The van der Waals surface area contributed by atoms with E-state index in [1.807, 2.05) is 19.1 Å². The molecule has 0 saturated carbocycles. The van der Waals surface area contributed by atoms with E-state index in [9.17, 15) is 8.42 Å². The van der Waals surface area contributed by atoms with E-state index in [1.165, 1.54) is 0 Å². The van der Waals surface area contributed by atoms with Crippen LogP contribution in [0, 0.1) is 0 Å². The van der Waals surface area contributed by atoms with E-state index in [0.29, 0.717) is 24.6 Å². The number of sulfonamides is 1. The van der Waals surface area contributed by atoms with Crippen LogP contribution in [0.2, 0.25) is 0 Å². The molecule has 1 unspecified atom stereocenters. The number of nitrogens with two attached hydrogens (primary N) is 1.